The highest BCUT2D eigenvalue weighted by Crippen LogP contribution is 2.21. The SMILES string of the molecule is O=C(Cc1cc(=O)[nH]c(SCc2cccc(Cl)c2)n1)Nc1ccc(Cl)cc1. The number of aromatic nitrogens is 2. The normalized spacial score (nSPS) is 10.6. The number of halogens is 2. The van der Waals surface area contributed by atoms with E-state index in [4.69, 9.17) is 23.2 Å². The molecule has 1 heterocycles. The first-order valence-electron chi connectivity index (χ1n) is 8.01. The van der Waals surface area contributed by atoms with E-state index in [1.165, 1.54) is 17.8 Å². The second kappa shape index (κ2) is 9.08. The van der Waals surface area contributed by atoms with Gasteiger partial charge in [0.15, 0.2) is 5.16 Å². The van der Waals surface area contributed by atoms with Gasteiger partial charge >= 0.3 is 0 Å². The van der Waals surface area contributed by atoms with E-state index in [0.29, 0.717) is 32.3 Å². The topological polar surface area (TPSA) is 74.8 Å². The summed E-state index contributed by atoms with van der Waals surface area (Å²) in [5, 5.41) is 4.45. The number of rotatable bonds is 6. The smallest absolute Gasteiger partial charge is 0.251 e. The zero-order valence-corrected chi connectivity index (χ0v) is 16.4. The first-order valence-corrected chi connectivity index (χ1v) is 9.75. The minimum Gasteiger partial charge on any atom is -0.326 e. The van der Waals surface area contributed by atoms with Crippen molar-refractivity contribution in [1.29, 1.82) is 0 Å². The molecule has 0 aliphatic carbocycles. The van der Waals surface area contributed by atoms with Crippen molar-refractivity contribution in [3.8, 4) is 0 Å². The van der Waals surface area contributed by atoms with Crippen molar-refractivity contribution in [2.75, 3.05) is 5.32 Å². The molecule has 0 unspecified atom stereocenters. The summed E-state index contributed by atoms with van der Waals surface area (Å²) in [7, 11) is 0. The van der Waals surface area contributed by atoms with E-state index >= 15 is 0 Å². The molecule has 0 atom stereocenters. The van der Waals surface area contributed by atoms with Gasteiger partial charge in [0.25, 0.3) is 5.56 Å². The van der Waals surface area contributed by atoms with Crippen LogP contribution in [0, 0.1) is 0 Å². The van der Waals surface area contributed by atoms with Gasteiger partial charge in [0, 0.05) is 27.6 Å². The molecule has 2 aromatic carbocycles. The average molecular weight is 420 g/mol. The van der Waals surface area contributed by atoms with Crippen LogP contribution in [0.25, 0.3) is 0 Å². The molecular weight excluding hydrogens is 405 g/mol. The Morgan fingerprint density at radius 1 is 1.07 bits per heavy atom. The molecule has 138 valence electrons. The summed E-state index contributed by atoms with van der Waals surface area (Å²) < 4.78 is 0. The van der Waals surface area contributed by atoms with E-state index in [-0.39, 0.29) is 17.9 Å². The summed E-state index contributed by atoms with van der Waals surface area (Å²) in [6.45, 7) is 0. The van der Waals surface area contributed by atoms with Crippen molar-refractivity contribution < 1.29 is 4.79 Å². The molecule has 3 rings (SSSR count). The van der Waals surface area contributed by atoms with Crippen molar-refractivity contribution in [1.82, 2.24) is 9.97 Å². The van der Waals surface area contributed by atoms with Crippen LogP contribution in [0.2, 0.25) is 10.0 Å². The summed E-state index contributed by atoms with van der Waals surface area (Å²) >= 11 is 13.2. The minimum atomic E-state index is -0.298. The Kier molecular flexibility index (Phi) is 6.55. The predicted molar refractivity (Wildman–Crippen MR) is 110 cm³/mol. The van der Waals surface area contributed by atoms with Crippen molar-refractivity contribution in [2.45, 2.75) is 17.3 Å². The van der Waals surface area contributed by atoms with Gasteiger partial charge in [0.1, 0.15) is 0 Å². The third kappa shape index (κ3) is 6.13. The van der Waals surface area contributed by atoms with Crippen LogP contribution in [-0.2, 0) is 17.0 Å². The van der Waals surface area contributed by atoms with Crippen LogP contribution in [0.15, 0.2) is 64.5 Å². The lowest BCUT2D eigenvalue weighted by Gasteiger charge is -2.06. The Balaban J connectivity index is 1.64. The molecule has 1 aromatic heterocycles. The fourth-order valence-electron chi connectivity index (χ4n) is 2.32. The molecule has 5 nitrogen and oxygen atoms in total. The van der Waals surface area contributed by atoms with Gasteiger partial charge < -0.3 is 10.3 Å². The van der Waals surface area contributed by atoms with Crippen molar-refractivity contribution in [3.05, 3.63) is 86.3 Å². The van der Waals surface area contributed by atoms with Crippen molar-refractivity contribution in [2.24, 2.45) is 0 Å². The fourth-order valence-corrected chi connectivity index (χ4v) is 3.50. The third-order valence-corrected chi connectivity index (χ3v) is 4.94. The third-order valence-electron chi connectivity index (χ3n) is 3.51. The lowest BCUT2D eigenvalue weighted by molar-refractivity contribution is -0.115. The largest absolute Gasteiger partial charge is 0.326 e. The lowest BCUT2D eigenvalue weighted by Crippen LogP contribution is -2.18. The van der Waals surface area contributed by atoms with Crippen LogP contribution in [0.1, 0.15) is 11.3 Å². The Hall–Kier alpha value is -2.28. The van der Waals surface area contributed by atoms with Gasteiger partial charge in [-0.25, -0.2) is 4.98 Å². The number of hydrogen-bond donors (Lipinski definition) is 2. The van der Waals surface area contributed by atoms with Gasteiger partial charge in [0.05, 0.1) is 12.1 Å². The van der Waals surface area contributed by atoms with Crippen LogP contribution in [-0.4, -0.2) is 15.9 Å². The zero-order valence-electron chi connectivity index (χ0n) is 14.0. The Morgan fingerprint density at radius 3 is 2.59 bits per heavy atom. The number of benzene rings is 2. The number of carbonyl (C=O) groups is 1. The van der Waals surface area contributed by atoms with E-state index in [1.54, 1.807) is 30.3 Å². The summed E-state index contributed by atoms with van der Waals surface area (Å²) in [4.78, 5) is 31.1. The van der Waals surface area contributed by atoms with Gasteiger partial charge in [-0.15, -0.1) is 0 Å². The molecule has 27 heavy (non-hydrogen) atoms. The number of carbonyl (C=O) groups excluding carboxylic acids is 1. The Bertz CT molecular complexity index is 1010. The quantitative estimate of drug-likeness (QED) is 0.453. The number of hydrogen-bond acceptors (Lipinski definition) is 4. The van der Waals surface area contributed by atoms with E-state index in [0.717, 1.165) is 5.56 Å². The molecule has 2 N–H and O–H groups in total. The molecule has 0 bridgehead atoms. The molecule has 3 aromatic rings. The molecule has 0 aliphatic heterocycles. The summed E-state index contributed by atoms with van der Waals surface area (Å²) in [5.41, 5.74) is 1.75. The fraction of sp³-hybridized carbons (Fsp3) is 0.105. The van der Waals surface area contributed by atoms with Crippen LogP contribution < -0.4 is 10.9 Å². The maximum Gasteiger partial charge on any atom is 0.251 e. The number of thioether (sulfide) groups is 1. The monoisotopic (exact) mass is 419 g/mol. The Labute approximate surface area is 170 Å². The summed E-state index contributed by atoms with van der Waals surface area (Å²) in [5.74, 6) is 0.338. The number of nitrogens with zero attached hydrogens (tertiary/aromatic N) is 1. The minimum absolute atomic E-state index is 0.00271. The maximum atomic E-state index is 12.2. The van der Waals surface area contributed by atoms with E-state index in [2.05, 4.69) is 15.3 Å². The molecule has 0 saturated heterocycles. The van der Waals surface area contributed by atoms with E-state index in [1.807, 2.05) is 18.2 Å². The summed E-state index contributed by atoms with van der Waals surface area (Å²) in [6, 6.07) is 15.6. The van der Waals surface area contributed by atoms with Crippen LogP contribution in [0.5, 0.6) is 0 Å². The molecule has 1 amide bonds. The van der Waals surface area contributed by atoms with Gasteiger partial charge in [-0.05, 0) is 42.0 Å². The van der Waals surface area contributed by atoms with Gasteiger partial charge in [0.2, 0.25) is 5.91 Å². The van der Waals surface area contributed by atoms with E-state index < -0.39 is 0 Å². The number of H-pyrrole nitrogens is 1. The van der Waals surface area contributed by atoms with Gasteiger partial charge in [-0.3, -0.25) is 9.59 Å². The van der Waals surface area contributed by atoms with Crippen molar-refractivity contribution in [3.63, 3.8) is 0 Å². The molecule has 0 fully saturated rings. The average Bonchev–Trinajstić information content (AvgIpc) is 2.61. The molecule has 0 saturated carbocycles. The van der Waals surface area contributed by atoms with Gasteiger partial charge in [-0.1, -0.05) is 47.1 Å². The highest BCUT2D eigenvalue weighted by molar-refractivity contribution is 7.98. The Morgan fingerprint density at radius 2 is 1.85 bits per heavy atom. The van der Waals surface area contributed by atoms with Crippen LogP contribution in [0.3, 0.4) is 0 Å². The van der Waals surface area contributed by atoms with Gasteiger partial charge in [-0.2, -0.15) is 0 Å². The van der Waals surface area contributed by atoms with E-state index in [9.17, 15) is 9.59 Å². The first-order chi connectivity index (χ1) is 13.0. The highest BCUT2D eigenvalue weighted by Gasteiger charge is 2.09. The second-order valence-electron chi connectivity index (χ2n) is 5.69. The second-order valence-corrected chi connectivity index (χ2v) is 7.53. The molecule has 0 aliphatic rings. The standard InChI is InChI=1S/C19H15Cl2N3O2S/c20-13-4-6-15(7-5-13)22-17(25)9-16-10-18(26)24-19(23-16)27-11-12-2-1-3-14(21)8-12/h1-8,10H,9,11H2,(H,22,25)(H,23,24,26). The number of anilines is 1. The van der Waals surface area contributed by atoms with Crippen molar-refractivity contribution >= 4 is 46.6 Å². The van der Waals surface area contributed by atoms with Crippen LogP contribution in [0.4, 0.5) is 5.69 Å². The predicted octanol–water partition coefficient (Wildman–Crippen LogP) is 4.55. The molecule has 8 heteroatoms. The lowest BCUT2D eigenvalue weighted by atomic mass is 10.2. The number of nitrogens with one attached hydrogen (secondary N) is 2. The molecule has 0 radical (unpaired) electrons. The maximum absolute atomic E-state index is 12.2. The summed E-state index contributed by atoms with van der Waals surface area (Å²) in [6.07, 6.45) is -0.00271. The first kappa shape index (κ1) is 19.5. The zero-order chi connectivity index (χ0) is 19.2. The molecule has 0 spiro atoms. The number of aromatic amines is 1. The number of amides is 1. The highest BCUT2D eigenvalue weighted by atomic mass is 35.5. The van der Waals surface area contributed by atoms with Crippen LogP contribution >= 0.6 is 35.0 Å². The molecular formula is C19H15Cl2N3O2S.